The fourth-order valence-electron chi connectivity index (χ4n) is 2.73. The van der Waals surface area contributed by atoms with E-state index in [-0.39, 0.29) is 12.5 Å². The third-order valence-electron chi connectivity index (χ3n) is 4.31. The average molecular weight is 348 g/mol. The van der Waals surface area contributed by atoms with Gasteiger partial charge < -0.3 is 10.6 Å². The Labute approximate surface area is 151 Å². The van der Waals surface area contributed by atoms with E-state index in [2.05, 4.69) is 26.2 Å². The Hall–Kier alpha value is -3.22. The predicted molar refractivity (Wildman–Crippen MR) is 98.3 cm³/mol. The largest absolute Gasteiger partial charge is 0.376 e. The van der Waals surface area contributed by atoms with Crippen molar-refractivity contribution < 1.29 is 4.79 Å². The lowest BCUT2D eigenvalue weighted by atomic mass is 10.2. The molecule has 26 heavy (non-hydrogen) atoms. The molecule has 7 heteroatoms. The van der Waals surface area contributed by atoms with Gasteiger partial charge in [0, 0.05) is 17.8 Å². The van der Waals surface area contributed by atoms with Crippen molar-refractivity contribution in [2.24, 2.45) is 0 Å². The number of nitrogens with zero attached hydrogens (tertiary/aromatic N) is 4. The topological polar surface area (TPSA) is 84.7 Å². The molecule has 1 aromatic heterocycles. The van der Waals surface area contributed by atoms with Crippen molar-refractivity contribution in [1.29, 1.82) is 0 Å². The summed E-state index contributed by atoms with van der Waals surface area (Å²) < 4.78 is 1.89. The van der Waals surface area contributed by atoms with Crippen LogP contribution < -0.4 is 10.6 Å². The molecule has 4 rings (SSSR count). The Morgan fingerprint density at radius 3 is 2.58 bits per heavy atom. The van der Waals surface area contributed by atoms with E-state index < -0.39 is 0 Å². The van der Waals surface area contributed by atoms with Crippen LogP contribution in [0.4, 0.5) is 5.69 Å². The van der Waals surface area contributed by atoms with Crippen LogP contribution in [-0.2, 0) is 11.3 Å². The number of carbonyl (C=O) groups excluding carboxylic acids is 1. The van der Waals surface area contributed by atoms with Crippen LogP contribution in [0.3, 0.4) is 0 Å². The zero-order chi connectivity index (χ0) is 17.8. The molecular weight excluding hydrogens is 328 g/mol. The first-order valence-corrected chi connectivity index (χ1v) is 8.72. The minimum atomic E-state index is -0.0457. The molecule has 1 amide bonds. The van der Waals surface area contributed by atoms with E-state index in [1.807, 2.05) is 59.3 Å². The van der Waals surface area contributed by atoms with Gasteiger partial charge in [0.15, 0.2) is 5.82 Å². The summed E-state index contributed by atoms with van der Waals surface area (Å²) in [5, 5.41) is 18.0. The molecule has 0 unspecified atom stereocenters. The number of hydrogen-bond acceptors (Lipinski definition) is 5. The maximum atomic E-state index is 12.0. The highest BCUT2D eigenvalue weighted by molar-refractivity contribution is 5.80. The third-order valence-corrected chi connectivity index (χ3v) is 4.31. The first-order valence-electron chi connectivity index (χ1n) is 8.72. The number of carbonyl (C=O) groups is 1. The van der Waals surface area contributed by atoms with Gasteiger partial charge >= 0.3 is 0 Å². The summed E-state index contributed by atoms with van der Waals surface area (Å²) in [6.45, 7) is 0.760. The van der Waals surface area contributed by atoms with Crippen LogP contribution in [0.5, 0.6) is 0 Å². The van der Waals surface area contributed by atoms with Crippen molar-refractivity contribution in [2.75, 3.05) is 11.9 Å². The van der Waals surface area contributed by atoms with E-state index in [9.17, 15) is 4.79 Å². The molecule has 2 N–H and O–H groups in total. The average Bonchev–Trinajstić information content (AvgIpc) is 3.42. The van der Waals surface area contributed by atoms with Crippen LogP contribution in [0.1, 0.15) is 24.4 Å². The van der Waals surface area contributed by atoms with Crippen LogP contribution in [0.25, 0.3) is 11.4 Å². The quantitative estimate of drug-likeness (QED) is 0.685. The standard InChI is InChI=1S/C19H20N6O/c26-18(21-12-14-4-2-1-3-5-14)13-20-16-8-6-15(7-9-16)19-22-23-24-25(19)17-10-11-17/h1-9,17,20H,10-13H2,(H,21,26). The first-order chi connectivity index (χ1) is 12.8. The van der Waals surface area contributed by atoms with E-state index >= 15 is 0 Å². The highest BCUT2D eigenvalue weighted by Gasteiger charge is 2.28. The lowest BCUT2D eigenvalue weighted by Gasteiger charge is -2.09. The molecule has 1 heterocycles. The van der Waals surface area contributed by atoms with Gasteiger partial charge in [0.05, 0.1) is 12.6 Å². The maximum Gasteiger partial charge on any atom is 0.239 e. The molecule has 1 saturated carbocycles. The lowest BCUT2D eigenvalue weighted by molar-refractivity contribution is -0.119. The third kappa shape index (κ3) is 3.88. The number of hydrogen-bond donors (Lipinski definition) is 2. The number of amides is 1. The van der Waals surface area contributed by atoms with E-state index in [4.69, 9.17) is 0 Å². The molecule has 0 bridgehead atoms. The van der Waals surface area contributed by atoms with Gasteiger partial charge in [0.2, 0.25) is 5.91 Å². The summed E-state index contributed by atoms with van der Waals surface area (Å²) >= 11 is 0. The van der Waals surface area contributed by atoms with Crippen LogP contribution in [-0.4, -0.2) is 32.7 Å². The minimum absolute atomic E-state index is 0.0457. The lowest BCUT2D eigenvalue weighted by Crippen LogP contribution is -2.29. The summed E-state index contributed by atoms with van der Waals surface area (Å²) in [5.74, 6) is 0.746. The number of rotatable bonds is 7. The summed E-state index contributed by atoms with van der Waals surface area (Å²) in [4.78, 5) is 12.0. The molecule has 2 aromatic carbocycles. The first kappa shape index (κ1) is 16.3. The van der Waals surface area contributed by atoms with E-state index in [1.165, 1.54) is 0 Å². The summed E-state index contributed by atoms with van der Waals surface area (Å²) in [7, 11) is 0. The van der Waals surface area contributed by atoms with Gasteiger partial charge in [-0.2, -0.15) is 0 Å². The second-order valence-electron chi connectivity index (χ2n) is 6.37. The Balaban J connectivity index is 1.30. The van der Waals surface area contributed by atoms with Crippen molar-refractivity contribution in [1.82, 2.24) is 25.5 Å². The molecule has 0 atom stereocenters. The van der Waals surface area contributed by atoms with Crippen molar-refractivity contribution in [3.05, 3.63) is 60.2 Å². The van der Waals surface area contributed by atoms with Gasteiger partial charge in [-0.1, -0.05) is 30.3 Å². The van der Waals surface area contributed by atoms with Gasteiger partial charge in [0.1, 0.15) is 0 Å². The Kier molecular flexibility index (Phi) is 4.59. The van der Waals surface area contributed by atoms with Crippen molar-refractivity contribution in [3.8, 4) is 11.4 Å². The molecule has 0 radical (unpaired) electrons. The number of benzene rings is 2. The molecule has 1 aliphatic carbocycles. The smallest absolute Gasteiger partial charge is 0.239 e. The van der Waals surface area contributed by atoms with Gasteiger partial charge in [0.25, 0.3) is 0 Å². The Morgan fingerprint density at radius 1 is 1.08 bits per heavy atom. The minimum Gasteiger partial charge on any atom is -0.376 e. The molecule has 1 aliphatic rings. The Bertz CT molecular complexity index is 871. The van der Waals surface area contributed by atoms with Crippen molar-refractivity contribution in [3.63, 3.8) is 0 Å². The molecular formula is C19H20N6O. The molecule has 0 aliphatic heterocycles. The van der Waals surface area contributed by atoms with E-state index in [0.717, 1.165) is 35.5 Å². The molecule has 3 aromatic rings. The monoisotopic (exact) mass is 348 g/mol. The molecule has 7 nitrogen and oxygen atoms in total. The second kappa shape index (κ2) is 7.35. The van der Waals surface area contributed by atoms with Crippen LogP contribution >= 0.6 is 0 Å². The zero-order valence-electron chi connectivity index (χ0n) is 14.3. The van der Waals surface area contributed by atoms with Crippen LogP contribution in [0, 0.1) is 0 Å². The zero-order valence-corrected chi connectivity index (χ0v) is 14.3. The summed E-state index contributed by atoms with van der Waals surface area (Å²) in [5.41, 5.74) is 2.94. The van der Waals surface area contributed by atoms with Gasteiger partial charge in [-0.25, -0.2) is 4.68 Å². The number of aromatic nitrogens is 4. The van der Waals surface area contributed by atoms with Crippen molar-refractivity contribution in [2.45, 2.75) is 25.4 Å². The van der Waals surface area contributed by atoms with Crippen LogP contribution in [0.2, 0.25) is 0 Å². The Morgan fingerprint density at radius 2 is 1.85 bits per heavy atom. The fourth-order valence-corrected chi connectivity index (χ4v) is 2.73. The van der Waals surface area contributed by atoms with Crippen molar-refractivity contribution >= 4 is 11.6 Å². The second-order valence-corrected chi connectivity index (χ2v) is 6.37. The van der Waals surface area contributed by atoms with E-state index in [1.54, 1.807) is 0 Å². The molecule has 0 spiro atoms. The highest BCUT2D eigenvalue weighted by atomic mass is 16.1. The van der Waals surface area contributed by atoms with Gasteiger partial charge in [-0.05, 0) is 53.1 Å². The van der Waals surface area contributed by atoms with E-state index in [0.29, 0.717) is 12.6 Å². The number of anilines is 1. The molecule has 0 saturated heterocycles. The molecule has 1 fully saturated rings. The molecule has 132 valence electrons. The van der Waals surface area contributed by atoms with Gasteiger partial charge in [-0.3, -0.25) is 4.79 Å². The predicted octanol–water partition coefficient (Wildman–Crippen LogP) is 2.40. The summed E-state index contributed by atoms with van der Waals surface area (Å²) in [6, 6.07) is 18.1. The maximum absolute atomic E-state index is 12.0. The van der Waals surface area contributed by atoms with Crippen LogP contribution in [0.15, 0.2) is 54.6 Å². The number of nitrogens with one attached hydrogen (secondary N) is 2. The van der Waals surface area contributed by atoms with Gasteiger partial charge in [-0.15, -0.1) is 5.10 Å². The normalized spacial score (nSPS) is 13.4. The number of tetrazole rings is 1. The summed E-state index contributed by atoms with van der Waals surface area (Å²) in [6.07, 6.45) is 2.27. The highest BCUT2D eigenvalue weighted by Crippen LogP contribution is 2.36. The SMILES string of the molecule is O=C(CNc1ccc(-c2nnnn2C2CC2)cc1)NCc1ccccc1. The fraction of sp³-hybridized carbons (Fsp3) is 0.263.